The van der Waals surface area contributed by atoms with Gasteiger partial charge in [-0.1, -0.05) is 11.6 Å². The average Bonchev–Trinajstić information content (AvgIpc) is 2.56. The first-order chi connectivity index (χ1) is 10.7. The molecule has 1 aromatic carbocycles. The third kappa shape index (κ3) is 3.92. The minimum absolute atomic E-state index is 0.0915. The maximum Gasteiger partial charge on any atom is 0.266 e. The molecule has 1 fully saturated rings. The first-order valence-electron chi connectivity index (χ1n) is 7.15. The number of anilines is 1. The van der Waals surface area contributed by atoms with Gasteiger partial charge in [-0.15, -0.1) is 0 Å². The molecular formula is C16H18ClN3O2. The number of carbonyl (C=O) groups excluding carboxylic acids is 1. The van der Waals surface area contributed by atoms with E-state index in [2.05, 4.69) is 5.32 Å². The van der Waals surface area contributed by atoms with Crippen molar-refractivity contribution in [1.29, 1.82) is 5.26 Å². The van der Waals surface area contributed by atoms with Crippen molar-refractivity contribution in [3.05, 3.63) is 35.0 Å². The van der Waals surface area contributed by atoms with Crippen LogP contribution in [0.15, 0.2) is 30.0 Å². The van der Waals surface area contributed by atoms with E-state index in [-0.39, 0.29) is 11.5 Å². The summed E-state index contributed by atoms with van der Waals surface area (Å²) in [6.45, 7) is 1.43. The summed E-state index contributed by atoms with van der Waals surface area (Å²) >= 11 is 6.04. The number of amides is 1. The van der Waals surface area contributed by atoms with Crippen LogP contribution in [0.5, 0.6) is 5.75 Å². The zero-order valence-electron chi connectivity index (χ0n) is 12.4. The van der Waals surface area contributed by atoms with Gasteiger partial charge in [0.2, 0.25) is 0 Å². The lowest BCUT2D eigenvalue weighted by Gasteiger charge is -2.26. The standard InChI is InChI=1S/C16H18ClN3O2/c1-22-15-6-5-13(9-14(15)17)19-11-12(10-18)16(21)20-7-3-2-4-8-20/h5-6,9,11,19H,2-4,7-8H2,1H3/b12-11-. The van der Waals surface area contributed by atoms with E-state index >= 15 is 0 Å². The van der Waals surface area contributed by atoms with Gasteiger partial charge in [-0.2, -0.15) is 5.26 Å². The lowest BCUT2D eigenvalue weighted by atomic mass is 10.1. The van der Waals surface area contributed by atoms with E-state index in [9.17, 15) is 10.1 Å². The second-order valence-electron chi connectivity index (χ2n) is 5.02. The van der Waals surface area contributed by atoms with Crippen molar-refractivity contribution in [2.45, 2.75) is 19.3 Å². The van der Waals surface area contributed by atoms with Gasteiger partial charge in [0.15, 0.2) is 0 Å². The van der Waals surface area contributed by atoms with E-state index in [1.807, 2.05) is 6.07 Å². The van der Waals surface area contributed by atoms with Gasteiger partial charge in [0, 0.05) is 25.0 Å². The third-order valence-corrected chi connectivity index (χ3v) is 3.82. The zero-order valence-corrected chi connectivity index (χ0v) is 13.2. The van der Waals surface area contributed by atoms with Crippen LogP contribution in [0.3, 0.4) is 0 Å². The van der Waals surface area contributed by atoms with Gasteiger partial charge in [-0.05, 0) is 37.5 Å². The molecule has 0 radical (unpaired) electrons. The summed E-state index contributed by atoms with van der Waals surface area (Å²) < 4.78 is 5.08. The Balaban J connectivity index is 2.07. The molecule has 0 bridgehead atoms. The molecule has 0 aromatic heterocycles. The first-order valence-corrected chi connectivity index (χ1v) is 7.53. The Morgan fingerprint density at radius 2 is 2.14 bits per heavy atom. The highest BCUT2D eigenvalue weighted by atomic mass is 35.5. The molecule has 116 valence electrons. The smallest absolute Gasteiger partial charge is 0.266 e. The largest absolute Gasteiger partial charge is 0.495 e. The molecule has 2 rings (SSSR count). The topological polar surface area (TPSA) is 65.4 Å². The van der Waals surface area contributed by atoms with Gasteiger partial charge in [0.05, 0.1) is 12.1 Å². The van der Waals surface area contributed by atoms with Gasteiger partial charge >= 0.3 is 0 Å². The van der Waals surface area contributed by atoms with Crippen molar-refractivity contribution >= 4 is 23.2 Å². The highest BCUT2D eigenvalue weighted by Crippen LogP contribution is 2.27. The van der Waals surface area contributed by atoms with E-state index in [0.29, 0.717) is 29.5 Å². The second kappa shape index (κ2) is 7.71. The minimum Gasteiger partial charge on any atom is -0.495 e. The number of piperidine rings is 1. The Bertz CT molecular complexity index is 616. The maximum absolute atomic E-state index is 12.3. The van der Waals surface area contributed by atoms with Crippen molar-refractivity contribution < 1.29 is 9.53 Å². The fourth-order valence-corrected chi connectivity index (χ4v) is 2.58. The fraction of sp³-hybridized carbons (Fsp3) is 0.375. The number of nitriles is 1. The SMILES string of the molecule is COc1ccc(N/C=C(/C#N)C(=O)N2CCCCC2)cc1Cl. The molecule has 1 N–H and O–H groups in total. The summed E-state index contributed by atoms with van der Waals surface area (Å²) in [5.41, 5.74) is 0.777. The molecule has 1 aromatic rings. The number of hydrogen-bond donors (Lipinski definition) is 1. The third-order valence-electron chi connectivity index (χ3n) is 3.53. The van der Waals surface area contributed by atoms with Crippen LogP contribution in [0.4, 0.5) is 5.69 Å². The first kappa shape index (κ1) is 16.2. The molecule has 1 aliphatic heterocycles. The average molecular weight is 320 g/mol. The van der Waals surface area contributed by atoms with Crippen LogP contribution in [0, 0.1) is 11.3 Å². The molecule has 6 heteroatoms. The number of rotatable bonds is 4. The van der Waals surface area contributed by atoms with Gasteiger partial charge in [-0.25, -0.2) is 0 Å². The molecule has 1 amide bonds. The van der Waals surface area contributed by atoms with Gasteiger partial charge in [0.1, 0.15) is 17.4 Å². The number of methoxy groups -OCH3 is 1. The van der Waals surface area contributed by atoms with E-state index in [1.165, 1.54) is 6.20 Å². The van der Waals surface area contributed by atoms with Crippen molar-refractivity contribution in [1.82, 2.24) is 4.90 Å². The highest BCUT2D eigenvalue weighted by Gasteiger charge is 2.20. The number of halogens is 1. The minimum atomic E-state index is -0.227. The summed E-state index contributed by atoms with van der Waals surface area (Å²) in [5.74, 6) is 0.343. The number of nitrogens with one attached hydrogen (secondary N) is 1. The van der Waals surface area contributed by atoms with Gasteiger partial charge < -0.3 is 15.0 Å². The van der Waals surface area contributed by atoms with Crippen LogP contribution in [-0.4, -0.2) is 31.0 Å². The second-order valence-corrected chi connectivity index (χ2v) is 5.42. The van der Waals surface area contributed by atoms with Crippen LogP contribution in [0.1, 0.15) is 19.3 Å². The Hall–Kier alpha value is -2.19. The molecular weight excluding hydrogens is 302 g/mol. The number of carbonyl (C=O) groups is 1. The molecule has 0 spiro atoms. The Morgan fingerprint density at radius 3 is 2.73 bits per heavy atom. The number of hydrogen-bond acceptors (Lipinski definition) is 4. The predicted molar refractivity (Wildman–Crippen MR) is 85.8 cm³/mol. The van der Waals surface area contributed by atoms with E-state index < -0.39 is 0 Å². The quantitative estimate of drug-likeness (QED) is 0.684. The van der Waals surface area contributed by atoms with Crippen LogP contribution in [0.2, 0.25) is 5.02 Å². The van der Waals surface area contributed by atoms with E-state index in [1.54, 1.807) is 30.2 Å². The Morgan fingerprint density at radius 1 is 1.41 bits per heavy atom. The normalized spacial score (nSPS) is 15.1. The molecule has 0 unspecified atom stereocenters. The van der Waals surface area contributed by atoms with Gasteiger partial charge in [0.25, 0.3) is 5.91 Å². The van der Waals surface area contributed by atoms with Crippen molar-refractivity contribution in [3.8, 4) is 11.8 Å². The van der Waals surface area contributed by atoms with Crippen molar-refractivity contribution in [2.75, 3.05) is 25.5 Å². The monoisotopic (exact) mass is 319 g/mol. The molecule has 5 nitrogen and oxygen atoms in total. The highest BCUT2D eigenvalue weighted by molar-refractivity contribution is 6.32. The Kier molecular flexibility index (Phi) is 5.68. The lowest BCUT2D eigenvalue weighted by molar-refractivity contribution is -0.127. The van der Waals surface area contributed by atoms with E-state index in [0.717, 1.165) is 19.3 Å². The summed E-state index contributed by atoms with van der Waals surface area (Å²) in [4.78, 5) is 14.0. The molecule has 0 saturated carbocycles. The molecule has 22 heavy (non-hydrogen) atoms. The van der Waals surface area contributed by atoms with Crippen molar-refractivity contribution in [2.24, 2.45) is 0 Å². The molecule has 1 heterocycles. The number of nitrogens with zero attached hydrogens (tertiary/aromatic N) is 2. The number of benzene rings is 1. The predicted octanol–water partition coefficient (Wildman–Crippen LogP) is 3.18. The van der Waals surface area contributed by atoms with E-state index in [4.69, 9.17) is 16.3 Å². The van der Waals surface area contributed by atoms with Crippen LogP contribution < -0.4 is 10.1 Å². The van der Waals surface area contributed by atoms with Gasteiger partial charge in [-0.3, -0.25) is 4.79 Å². The number of ether oxygens (including phenoxy) is 1. The van der Waals surface area contributed by atoms with Crippen LogP contribution in [0.25, 0.3) is 0 Å². The Labute approximate surface area is 135 Å². The summed E-state index contributed by atoms with van der Waals surface area (Å²) in [7, 11) is 1.54. The maximum atomic E-state index is 12.3. The molecule has 1 aliphatic rings. The fourth-order valence-electron chi connectivity index (χ4n) is 2.32. The summed E-state index contributed by atoms with van der Waals surface area (Å²) in [5, 5.41) is 12.6. The summed E-state index contributed by atoms with van der Waals surface area (Å²) in [6.07, 6.45) is 4.55. The van der Waals surface area contributed by atoms with Crippen LogP contribution in [-0.2, 0) is 4.79 Å². The molecule has 1 saturated heterocycles. The summed E-state index contributed by atoms with van der Waals surface area (Å²) in [6, 6.07) is 7.12. The number of likely N-dealkylation sites (tertiary alicyclic amines) is 1. The lowest BCUT2D eigenvalue weighted by Crippen LogP contribution is -2.36. The zero-order chi connectivity index (χ0) is 15.9. The molecule has 0 atom stereocenters. The van der Waals surface area contributed by atoms with Crippen molar-refractivity contribution in [3.63, 3.8) is 0 Å². The molecule has 0 aliphatic carbocycles. The van der Waals surface area contributed by atoms with Crippen LogP contribution >= 0.6 is 11.6 Å².